The fraction of sp³-hybridized carbons (Fsp3) is 0.316. The zero-order valence-electron chi connectivity index (χ0n) is 14.4. The van der Waals surface area contributed by atoms with Crippen LogP contribution in [0.3, 0.4) is 0 Å². The van der Waals surface area contributed by atoms with Gasteiger partial charge in [-0.25, -0.2) is 4.98 Å². The van der Waals surface area contributed by atoms with Gasteiger partial charge in [-0.1, -0.05) is 11.6 Å². The van der Waals surface area contributed by atoms with Gasteiger partial charge in [-0.2, -0.15) is 0 Å². The largest absolute Gasteiger partial charge is 0.473 e. The Kier molecular flexibility index (Phi) is 5.73. The maximum absolute atomic E-state index is 12.6. The summed E-state index contributed by atoms with van der Waals surface area (Å²) in [7, 11) is 0. The number of hydrogen-bond donors (Lipinski definition) is 1. The number of benzene rings is 1. The molecule has 0 aliphatic carbocycles. The second kappa shape index (κ2) is 8.19. The molecule has 3 rings (SSSR count). The van der Waals surface area contributed by atoms with E-state index < -0.39 is 0 Å². The number of carbonyl (C=O) groups excluding carboxylic acids is 2. The van der Waals surface area contributed by atoms with Crippen molar-refractivity contribution in [2.75, 3.05) is 18.4 Å². The summed E-state index contributed by atoms with van der Waals surface area (Å²) in [4.78, 5) is 29.6. The molecule has 136 valence electrons. The highest BCUT2D eigenvalue weighted by Crippen LogP contribution is 2.25. The average molecular weight is 374 g/mol. The number of amides is 2. The first-order valence-corrected chi connectivity index (χ1v) is 8.85. The summed E-state index contributed by atoms with van der Waals surface area (Å²) in [6.07, 6.45) is 3.09. The minimum Gasteiger partial charge on any atom is -0.473 e. The van der Waals surface area contributed by atoms with Crippen LogP contribution in [0.25, 0.3) is 0 Å². The number of piperidine rings is 1. The molecule has 0 spiro atoms. The smallest absolute Gasteiger partial charge is 0.253 e. The summed E-state index contributed by atoms with van der Waals surface area (Å²) in [6, 6.07) is 10.4. The molecule has 1 N–H and O–H groups in total. The molecule has 1 aliphatic heterocycles. The Hall–Kier alpha value is -2.60. The molecule has 1 aliphatic rings. The maximum atomic E-state index is 12.6. The maximum Gasteiger partial charge on any atom is 0.253 e. The van der Waals surface area contributed by atoms with E-state index in [1.165, 1.54) is 6.92 Å². The summed E-state index contributed by atoms with van der Waals surface area (Å²) >= 11 is 6.07. The topological polar surface area (TPSA) is 71.5 Å². The molecule has 0 saturated carbocycles. The minimum absolute atomic E-state index is 0.00593. The van der Waals surface area contributed by atoms with E-state index in [4.69, 9.17) is 16.3 Å². The molecule has 1 aromatic carbocycles. The number of nitrogens with one attached hydrogen (secondary N) is 1. The molecular formula is C19H20ClN3O3. The predicted molar refractivity (Wildman–Crippen MR) is 99.5 cm³/mol. The number of carbonyl (C=O) groups is 2. The molecule has 0 atom stereocenters. The van der Waals surface area contributed by atoms with Gasteiger partial charge in [0.2, 0.25) is 11.8 Å². The van der Waals surface area contributed by atoms with Crippen LogP contribution >= 0.6 is 11.6 Å². The summed E-state index contributed by atoms with van der Waals surface area (Å²) in [5, 5.41) is 3.18. The Morgan fingerprint density at radius 3 is 2.50 bits per heavy atom. The van der Waals surface area contributed by atoms with Crippen molar-refractivity contribution in [3.05, 3.63) is 53.2 Å². The van der Waals surface area contributed by atoms with Gasteiger partial charge in [0, 0.05) is 50.3 Å². The lowest BCUT2D eigenvalue weighted by Crippen LogP contribution is -2.41. The van der Waals surface area contributed by atoms with Crippen molar-refractivity contribution < 1.29 is 14.3 Å². The molecule has 0 radical (unpaired) electrons. The van der Waals surface area contributed by atoms with Crippen LogP contribution < -0.4 is 10.1 Å². The molecule has 7 heteroatoms. The second-order valence-electron chi connectivity index (χ2n) is 6.16. The van der Waals surface area contributed by atoms with E-state index in [9.17, 15) is 9.59 Å². The van der Waals surface area contributed by atoms with Crippen LogP contribution in [0.5, 0.6) is 5.88 Å². The Balaban J connectivity index is 1.55. The highest BCUT2D eigenvalue weighted by atomic mass is 35.5. The normalized spacial score (nSPS) is 14.8. The molecule has 1 fully saturated rings. The van der Waals surface area contributed by atoms with Crippen molar-refractivity contribution in [2.45, 2.75) is 25.9 Å². The van der Waals surface area contributed by atoms with Crippen molar-refractivity contribution in [1.29, 1.82) is 0 Å². The van der Waals surface area contributed by atoms with Gasteiger partial charge in [-0.15, -0.1) is 0 Å². The number of ether oxygens (including phenoxy) is 1. The first-order chi connectivity index (χ1) is 12.5. The van der Waals surface area contributed by atoms with Crippen LogP contribution in [-0.4, -0.2) is 40.9 Å². The van der Waals surface area contributed by atoms with Gasteiger partial charge in [0.15, 0.2) is 0 Å². The Morgan fingerprint density at radius 1 is 1.19 bits per heavy atom. The van der Waals surface area contributed by atoms with Crippen molar-refractivity contribution in [1.82, 2.24) is 9.88 Å². The molecule has 1 saturated heterocycles. The molecule has 0 bridgehead atoms. The summed E-state index contributed by atoms with van der Waals surface area (Å²) in [6.45, 7) is 2.67. The van der Waals surface area contributed by atoms with E-state index in [2.05, 4.69) is 10.3 Å². The quantitative estimate of drug-likeness (QED) is 0.891. The average Bonchev–Trinajstić information content (AvgIpc) is 2.64. The van der Waals surface area contributed by atoms with Crippen LogP contribution in [0.1, 0.15) is 30.1 Å². The molecule has 1 aromatic heterocycles. The number of likely N-dealkylation sites (tertiary alicyclic amines) is 1. The van der Waals surface area contributed by atoms with Gasteiger partial charge in [0.1, 0.15) is 11.1 Å². The number of nitrogens with zero attached hydrogens (tertiary/aromatic N) is 2. The second-order valence-corrected chi connectivity index (χ2v) is 6.57. The van der Waals surface area contributed by atoms with E-state index in [0.29, 0.717) is 35.2 Å². The van der Waals surface area contributed by atoms with Crippen LogP contribution in [-0.2, 0) is 4.79 Å². The van der Waals surface area contributed by atoms with Gasteiger partial charge < -0.3 is 15.0 Å². The van der Waals surface area contributed by atoms with E-state index in [1.54, 1.807) is 42.6 Å². The Labute approximate surface area is 157 Å². The summed E-state index contributed by atoms with van der Waals surface area (Å²) in [5.74, 6) is 0.278. The van der Waals surface area contributed by atoms with E-state index in [0.717, 1.165) is 12.8 Å². The SMILES string of the molecule is CC(=O)Nc1ccc(C(=O)N2CCC(Oc3ncccc3Cl)CC2)cc1. The van der Waals surface area contributed by atoms with Crippen molar-refractivity contribution in [2.24, 2.45) is 0 Å². The van der Waals surface area contributed by atoms with Crippen molar-refractivity contribution in [3.63, 3.8) is 0 Å². The highest BCUT2D eigenvalue weighted by molar-refractivity contribution is 6.31. The third kappa shape index (κ3) is 4.52. The fourth-order valence-electron chi connectivity index (χ4n) is 2.87. The van der Waals surface area contributed by atoms with Gasteiger partial charge >= 0.3 is 0 Å². The number of halogens is 1. The van der Waals surface area contributed by atoms with Crippen molar-refractivity contribution in [3.8, 4) is 5.88 Å². The lowest BCUT2D eigenvalue weighted by Gasteiger charge is -2.32. The number of pyridine rings is 1. The van der Waals surface area contributed by atoms with Crippen LogP contribution in [0.4, 0.5) is 5.69 Å². The van der Waals surface area contributed by atoms with Crippen LogP contribution in [0.15, 0.2) is 42.6 Å². The molecule has 2 amide bonds. The molecular weight excluding hydrogens is 354 g/mol. The van der Waals surface area contributed by atoms with E-state index >= 15 is 0 Å². The van der Waals surface area contributed by atoms with E-state index in [-0.39, 0.29) is 17.9 Å². The molecule has 26 heavy (non-hydrogen) atoms. The van der Waals surface area contributed by atoms with Gasteiger partial charge in [-0.3, -0.25) is 9.59 Å². The molecule has 2 heterocycles. The predicted octanol–water partition coefficient (Wildman–Crippen LogP) is 3.38. The summed E-state index contributed by atoms with van der Waals surface area (Å²) < 4.78 is 5.85. The Bertz CT molecular complexity index is 787. The number of aromatic nitrogens is 1. The van der Waals surface area contributed by atoms with E-state index in [1.807, 2.05) is 4.90 Å². The summed E-state index contributed by atoms with van der Waals surface area (Å²) in [5.41, 5.74) is 1.28. The minimum atomic E-state index is -0.140. The first-order valence-electron chi connectivity index (χ1n) is 8.47. The lowest BCUT2D eigenvalue weighted by molar-refractivity contribution is -0.114. The zero-order valence-corrected chi connectivity index (χ0v) is 15.2. The fourth-order valence-corrected chi connectivity index (χ4v) is 3.04. The molecule has 2 aromatic rings. The van der Waals surface area contributed by atoms with Gasteiger partial charge in [0.25, 0.3) is 5.91 Å². The van der Waals surface area contributed by atoms with Crippen LogP contribution in [0, 0.1) is 0 Å². The Morgan fingerprint density at radius 2 is 1.88 bits per heavy atom. The van der Waals surface area contributed by atoms with Crippen LogP contribution in [0.2, 0.25) is 5.02 Å². The number of anilines is 1. The molecule has 0 unspecified atom stereocenters. The highest BCUT2D eigenvalue weighted by Gasteiger charge is 2.25. The third-order valence-electron chi connectivity index (χ3n) is 4.18. The standard InChI is InChI=1S/C19H20ClN3O3/c1-13(24)22-15-6-4-14(5-7-15)19(25)23-11-8-16(9-12-23)26-18-17(20)3-2-10-21-18/h2-7,10,16H,8-9,11-12H2,1H3,(H,22,24). The number of rotatable bonds is 4. The lowest BCUT2D eigenvalue weighted by atomic mass is 10.1. The third-order valence-corrected chi connectivity index (χ3v) is 4.47. The zero-order chi connectivity index (χ0) is 18.5. The molecule has 6 nitrogen and oxygen atoms in total. The van der Waals surface area contributed by atoms with Crippen molar-refractivity contribution >= 4 is 29.1 Å². The monoisotopic (exact) mass is 373 g/mol. The number of hydrogen-bond acceptors (Lipinski definition) is 4. The first kappa shape index (κ1) is 18.2. The van der Waals surface area contributed by atoms with Gasteiger partial charge in [0.05, 0.1) is 0 Å². The van der Waals surface area contributed by atoms with Gasteiger partial charge in [-0.05, 0) is 36.4 Å².